The minimum Gasteiger partial charge on any atom is -0.332 e. The van der Waals surface area contributed by atoms with E-state index < -0.39 is 0 Å². The summed E-state index contributed by atoms with van der Waals surface area (Å²) in [5, 5.41) is 0. The normalized spacial score (nSPS) is 27.2. The van der Waals surface area contributed by atoms with E-state index in [1.165, 1.54) is 182 Å². The molecular weight excluding hydrogens is 638 g/mol. The predicted molar refractivity (Wildman–Crippen MR) is 214 cm³/mol. The van der Waals surface area contributed by atoms with Crippen LogP contribution in [-0.2, 0) is 0 Å². The van der Waals surface area contributed by atoms with Gasteiger partial charge in [-0.1, -0.05) is 55.4 Å². The van der Waals surface area contributed by atoms with Crippen LogP contribution in [0.15, 0.2) is 0 Å². The van der Waals surface area contributed by atoms with Crippen molar-refractivity contribution in [1.29, 1.82) is 0 Å². The van der Waals surface area contributed by atoms with Gasteiger partial charge < -0.3 is 30.4 Å². The van der Waals surface area contributed by atoms with Crippen molar-refractivity contribution in [2.45, 2.75) is 145 Å². The molecule has 2 saturated carbocycles. The Morgan fingerprint density at radius 2 is 1.12 bits per heavy atom. The molecule has 0 radical (unpaired) electrons. The van der Waals surface area contributed by atoms with Gasteiger partial charge in [0.15, 0.2) is 0 Å². The molecular formula is C44H86KN5. The molecule has 5 saturated heterocycles. The summed E-state index contributed by atoms with van der Waals surface area (Å²) in [6, 6.07) is 0. The largest absolute Gasteiger partial charge is 1.00 e. The first-order valence-electron chi connectivity index (χ1n) is 22.1. The quantitative estimate of drug-likeness (QED) is 0.176. The van der Waals surface area contributed by atoms with Gasteiger partial charge in [0.25, 0.3) is 0 Å². The third kappa shape index (κ3) is 14.2. The van der Waals surface area contributed by atoms with Crippen LogP contribution in [0.2, 0.25) is 0 Å². The maximum absolute atomic E-state index is 2.80. The summed E-state index contributed by atoms with van der Waals surface area (Å²) < 4.78 is 0. The van der Waals surface area contributed by atoms with E-state index in [9.17, 15) is 0 Å². The summed E-state index contributed by atoms with van der Waals surface area (Å²) in [7, 11) is 2.27. The predicted octanol–water partition coefficient (Wildman–Crippen LogP) is 6.19. The standard InChI is InChI=1S/C22H42N2.C18H32N3.2C2H6.K/c1-5-21(6-2)11-14-24(17-21)16-20-7-12-23(13-8-20)18-22(9-10-22)15-19(3)4;1-19-10-6-18(7-11-19)14-21(15-18)13-17-4-8-20(9-5-17)12-16-2-3-16;2*1-2;/h19-20H,5-18H2,1-4H3;17H,2-15H2,1H3;2*1-2H3;/q;-1;;;+1. The first-order valence-corrected chi connectivity index (χ1v) is 22.1. The van der Waals surface area contributed by atoms with Crippen LogP contribution in [0, 0.1) is 39.9 Å². The molecule has 5 heterocycles. The van der Waals surface area contributed by atoms with Gasteiger partial charge in [0.2, 0.25) is 0 Å². The van der Waals surface area contributed by atoms with E-state index in [0.29, 0.717) is 5.41 Å². The third-order valence-corrected chi connectivity index (χ3v) is 14.0. The Bertz CT molecular complexity index is 882. The maximum Gasteiger partial charge on any atom is 1.00 e. The topological polar surface area (TPSA) is 16.2 Å². The first-order chi connectivity index (χ1) is 23.7. The van der Waals surface area contributed by atoms with Crippen molar-refractivity contribution in [3.8, 4) is 0 Å². The van der Waals surface area contributed by atoms with E-state index in [1.807, 2.05) is 27.7 Å². The molecule has 1 spiro atoms. The van der Waals surface area contributed by atoms with Gasteiger partial charge in [-0.2, -0.15) is 0 Å². The Hall–Kier alpha value is 1.44. The molecule has 0 aromatic carbocycles. The third-order valence-electron chi connectivity index (χ3n) is 14.0. The van der Waals surface area contributed by atoms with Crippen molar-refractivity contribution in [2.24, 2.45) is 34.0 Å². The van der Waals surface area contributed by atoms with Crippen molar-refractivity contribution >= 4 is 0 Å². The van der Waals surface area contributed by atoms with Crippen LogP contribution in [0.3, 0.4) is 0 Å². The number of piperidine rings is 3. The fourth-order valence-electron chi connectivity index (χ4n) is 10.3. The molecule has 6 heteroatoms. The van der Waals surface area contributed by atoms with Gasteiger partial charge in [-0.25, -0.2) is 12.8 Å². The van der Waals surface area contributed by atoms with Crippen molar-refractivity contribution in [3.63, 3.8) is 0 Å². The fourth-order valence-corrected chi connectivity index (χ4v) is 10.3. The van der Waals surface area contributed by atoms with Crippen LogP contribution < -0.4 is 51.4 Å². The van der Waals surface area contributed by atoms with Crippen LogP contribution >= 0.6 is 0 Å². The molecule has 0 aromatic heterocycles. The Morgan fingerprint density at radius 3 is 1.58 bits per heavy atom. The minimum absolute atomic E-state index is 0. The summed E-state index contributed by atoms with van der Waals surface area (Å²) >= 11 is 0. The average Bonchev–Trinajstić information content (AvgIpc) is 4.04. The van der Waals surface area contributed by atoms with E-state index in [-0.39, 0.29) is 51.4 Å². The van der Waals surface area contributed by atoms with Crippen LogP contribution in [0.5, 0.6) is 0 Å². The van der Waals surface area contributed by atoms with E-state index in [1.54, 1.807) is 5.92 Å². The van der Waals surface area contributed by atoms with Crippen molar-refractivity contribution in [2.75, 3.05) is 98.7 Å². The molecule has 7 fully saturated rings. The summed E-state index contributed by atoms with van der Waals surface area (Å²) in [5.74, 6) is 4.62. The monoisotopic (exact) mass is 724 g/mol. The zero-order chi connectivity index (χ0) is 35.5. The molecule has 2 aliphatic carbocycles. The van der Waals surface area contributed by atoms with Gasteiger partial charge >= 0.3 is 51.4 Å². The average molecular weight is 724 g/mol. The molecule has 7 rings (SSSR count). The second-order valence-corrected chi connectivity index (χ2v) is 18.5. The number of rotatable bonds is 12. The maximum atomic E-state index is 2.80. The molecule has 288 valence electrons. The molecule has 0 atom stereocenters. The van der Waals surface area contributed by atoms with Crippen molar-refractivity contribution in [1.82, 2.24) is 24.5 Å². The van der Waals surface area contributed by atoms with Crippen molar-refractivity contribution < 1.29 is 51.4 Å². The second-order valence-electron chi connectivity index (χ2n) is 18.5. The zero-order valence-electron chi connectivity index (χ0n) is 35.8. The molecule has 5 aliphatic heterocycles. The molecule has 0 N–H and O–H groups in total. The van der Waals surface area contributed by atoms with Gasteiger partial charge in [0.05, 0.1) is 0 Å². The summed E-state index contributed by atoms with van der Waals surface area (Å²) in [4.78, 5) is 13.6. The van der Waals surface area contributed by atoms with E-state index >= 15 is 0 Å². The number of hydrogen-bond acceptors (Lipinski definition) is 5. The first kappa shape index (κ1) is 45.8. The minimum atomic E-state index is 0. The van der Waals surface area contributed by atoms with Gasteiger partial charge in [-0.05, 0) is 164 Å². The van der Waals surface area contributed by atoms with Crippen LogP contribution in [0.25, 0.3) is 0 Å². The number of likely N-dealkylation sites (tertiary alicyclic amines) is 5. The summed E-state index contributed by atoms with van der Waals surface area (Å²) in [6.07, 6.45) is 20.1. The number of nitrogens with zero attached hydrogens (tertiary/aromatic N) is 5. The van der Waals surface area contributed by atoms with Crippen LogP contribution in [0.4, 0.5) is 0 Å². The summed E-state index contributed by atoms with van der Waals surface area (Å²) in [6.45, 7) is 36.7. The molecule has 7 aliphatic rings. The smallest absolute Gasteiger partial charge is 0.332 e. The van der Waals surface area contributed by atoms with Gasteiger partial charge in [0.1, 0.15) is 0 Å². The molecule has 0 bridgehead atoms. The Kier molecular flexibility index (Phi) is 20.4. The molecule has 0 aromatic rings. The van der Waals surface area contributed by atoms with Gasteiger partial charge in [0, 0.05) is 39.3 Å². The fraction of sp³-hybridized carbons (Fsp3) is 0.977. The van der Waals surface area contributed by atoms with Crippen LogP contribution in [0.1, 0.15) is 145 Å². The van der Waals surface area contributed by atoms with E-state index in [4.69, 9.17) is 0 Å². The Balaban J connectivity index is 0.000000243. The second kappa shape index (κ2) is 22.2. The van der Waals surface area contributed by atoms with Crippen LogP contribution in [-0.4, -0.2) is 123 Å². The SMILES string of the molecule is CC.CC.CCC1(CC)CCN(CC2CCN(CC3(CC(C)C)CC3)CC2)C1.CN1CCC2(CC1)CN(CC1CCN(C[C-]3CC3)CC1)C2.[K+]. The van der Waals surface area contributed by atoms with Gasteiger partial charge in [-0.3, -0.25) is 0 Å². The molecule has 0 unspecified atom stereocenters. The molecule has 0 amide bonds. The molecule has 50 heavy (non-hydrogen) atoms. The van der Waals surface area contributed by atoms with Gasteiger partial charge in [-0.15, -0.1) is 6.54 Å². The Labute approximate surface area is 356 Å². The van der Waals surface area contributed by atoms with E-state index in [0.717, 1.165) is 28.6 Å². The zero-order valence-corrected chi connectivity index (χ0v) is 38.9. The van der Waals surface area contributed by atoms with E-state index in [2.05, 4.69) is 59.2 Å². The summed E-state index contributed by atoms with van der Waals surface area (Å²) in [5.41, 5.74) is 2.09. The molecule has 5 nitrogen and oxygen atoms in total. The Morgan fingerprint density at radius 1 is 0.600 bits per heavy atom. The van der Waals surface area contributed by atoms with Crippen molar-refractivity contribution in [3.05, 3.63) is 5.92 Å². The number of hydrogen-bond donors (Lipinski definition) is 0.